The Morgan fingerprint density at radius 2 is 1.66 bits per heavy atom. The summed E-state index contributed by atoms with van der Waals surface area (Å²) in [6.45, 7) is 0. The molecule has 0 aliphatic carbocycles. The van der Waals surface area contributed by atoms with Crippen LogP contribution in [0.3, 0.4) is 0 Å². The highest BCUT2D eigenvalue weighted by molar-refractivity contribution is 7.87. The highest BCUT2D eigenvalue weighted by Crippen LogP contribution is 2.32. The molecule has 35 heavy (non-hydrogen) atoms. The molecule has 8 nitrogen and oxygen atoms in total. The number of carbonyl (C=O) groups excluding carboxylic acids is 1. The van der Waals surface area contributed by atoms with Crippen molar-refractivity contribution in [1.82, 2.24) is 0 Å². The van der Waals surface area contributed by atoms with Gasteiger partial charge in [-0.2, -0.15) is 13.7 Å². The second-order valence-corrected chi connectivity index (χ2v) is 9.24. The number of methoxy groups -OCH3 is 2. The molecule has 0 saturated carbocycles. The molecular weight excluding hydrogens is 515 g/mol. The number of nitrogens with zero attached hydrogens (tertiary/aromatic N) is 1. The molecule has 0 saturated heterocycles. The zero-order chi connectivity index (χ0) is 25.6. The van der Waals surface area contributed by atoms with Crippen LogP contribution in [0.25, 0.3) is 6.08 Å². The van der Waals surface area contributed by atoms with Crippen LogP contribution in [0.1, 0.15) is 5.56 Å². The van der Waals surface area contributed by atoms with Gasteiger partial charge in [0.15, 0.2) is 11.5 Å². The maximum Gasteiger partial charge on any atom is 0.339 e. The molecule has 0 aromatic heterocycles. The molecule has 0 aliphatic rings. The fourth-order valence-corrected chi connectivity index (χ4v) is 4.08. The van der Waals surface area contributed by atoms with E-state index in [-0.39, 0.29) is 27.0 Å². The van der Waals surface area contributed by atoms with Gasteiger partial charge in [0.25, 0.3) is 5.91 Å². The maximum atomic E-state index is 12.6. The number of nitriles is 1. The minimum atomic E-state index is -4.15. The van der Waals surface area contributed by atoms with Gasteiger partial charge >= 0.3 is 10.1 Å². The Bertz CT molecular complexity index is 1430. The molecule has 0 radical (unpaired) electrons. The number of halogens is 2. The summed E-state index contributed by atoms with van der Waals surface area (Å²) in [7, 11) is -1.35. The molecule has 11 heteroatoms. The molecule has 0 fully saturated rings. The van der Waals surface area contributed by atoms with Crippen LogP contribution in [0.4, 0.5) is 5.69 Å². The molecule has 180 valence electrons. The Morgan fingerprint density at radius 3 is 2.26 bits per heavy atom. The van der Waals surface area contributed by atoms with E-state index in [1.54, 1.807) is 6.07 Å². The molecule has 0 spiro atoms. The van der Waals surface area contributed by atoms with Crippen molar-refractivity contribution in [2.45, 2.75) is 4.90 Å². The first-order valence-electron chi connectivity index (χ1n) is 9.81. The Labute approximate surface area is 212 Å². The largest absolute Gasteiger partial charge is 0.497 e. The lowest BCUT2D eigenvalue weighted by molar-refractivity contribution is -0.112. The number of hydrogen-bond acceptors (Lipinski definition) is 7. The number of benzene rings is 3. The Hall–Kier alpha value is -3.71. The molecule has 3 aromatic carbocycles. The van der Waals surface area contributed by atoms with Gasteiger partial charge in [0.05, 0.1) is 24.3 Å². The zero-order valence-electron chi connectivity index (χ0n) is 18.4. The third-order valence-electron chi connectivity index (χ3n) is 4.59. The number of amides is 1. The van der Waals surface area contributed by atoms with Gasteiger partial charge in [0, 0.05) is 5.69 Å². The molecule has 0 bridgehead atoms. The van der Waals surface area contributed by atoms with Crippen molar-refractivity contribution in [3.05, 3.63) is 81.8 Å². The van der Waals surface area contributed by atoms with Crippen molar-refractivity contribution >= 4 is 51.0 Å². The average molecular weight is 533 g/mol. The van der Waals surface area contributed by atoms with Gasteiger partial charge in [-0.05, 0) is 66.2 Å². The normalized spacial score (nSPS) is 11.3. The van der Waals surface area contributed by atoms with Crippen molar-refractivity contribution in [1.29, 1.82) is 5.26 Å². The van der Waals surface area contributed by atoms with Gasteiger partial charge in [-0.15, -0.1) is 0 Å². The highest BCUT2D eigenvalue weighted by atomic mass is 35.5. The molecule has 0 aliphatic heterocycles. The van der Waals surface area contributed by atoms with E-state index in [0.717, 1.165) is 0 Å². The van der Waals surface area contributed by atoms with Crippen molar-refractivity contribution < 1.29 is 26.9 Å². The SMILES string of the molecule is COc1ccc(S(=O)(=O)Oc2ccc(/C=C(\C#N)C(=O)Nc3ccc(Cl)c(Cl)c3)cc2OC)cc1. The molecule has 1 N–H and O–H groups in total. The van der Waals surface area contributed by atoms with Gasteiger partial charge in [-0.25, -0.2) is 0 Å². The minimum absolute atomic E-state index is 0.0702. The summed E-state index contributed by atoms with van der Waals surface area (Å²) in [4.78, 5) is 12.5. The van der Waals surface area contributed by atoms with Crippen LogP contribution in [0.2, 0.25) is 10.0 Å². The monoisotopic (exact) mass is 532 g/mol. The molecule has 0 unspecified atom stereocenters. The molecule has 3 rings (SSSR count). The van der Waals surface area contributed by atoms with Crippen molar-refractivity contribution in [2.75, 3.05) is 19.5 Å². The summed E-state index contributed by atoms with van der Waals surface area (Å²) < 4.78 is 40.8. The number of ether oxygens (including phenoxy) is 2. The van der Waals surface area contributed by atoms with Gasteiger partial charge in [0.1, 0.15) is 22.3 Å². The van der Waals surface area contributed by atoms with Crippen LogP contribution in [-0.4, -0.2) is 28.5 Å². The Balaban J connectivity index is 1.83. The van der Waals surface area contributed by atoms with Crippen LogP contribution >= 0.6 is 23.2 Å². The topological polar surface area (TPSA) is 115 Å². The van der Waals surface area contributed by atoms with Crippen molar-refractivity contribution in [2.24, 2.45) is 0 Å². The first kappa shape index (κ1) is 25.9. The number of rotatable bonds is 8. The lowest BCUT2D eigenvalue weighted by atomic mass is 10.1. The summed E-state index contributed by atoms with van der Waals surface area (Å²) >= 11 is 11.8. The second kappa shape index (κ2) is 11.1. The van der Waals surface area contributed by atoms with Crippen molar-refractivity contribution in [3.63, 3.8) is 0 Å². The first-order valence-corrected chi connectivity index (χ1v) is 12.0. The highest BCUT2D eigenvalue weighted by Gasteiger charge is 2.20. The standard InChI is InChI=1S/C24H18Cl2N2O6S/c1-32-18-5-7-19(8-6-18)35(30,31)34-22-10-3-15(12-23(22)33-2)11-16(14-27)24(29)28-17-4-9-20(25)21(26)13-17/h3-13H,1-2H3,(H,28,29)/b16-11+. The zero-order valence-corrected chi connectivity index (χ0v) is 20.7. The van der Waals surface area contributed by atoms with Crippen LogP contribution in [0, 0.1) is 11.3 Å². The summed E-state index contributed by atoms with van der Waals surface area (Å²) in [6.07, 6.45) is 1.32. The van der Waals surface area contributed by atoms with Crippen LogP contribution in [0.5, 0.6) is 17.2 Å². The second-order valence-electron chi connectivity index (χ2n) is 6.88. The van der Waals surface area contributed by atoms with E-state index in [2.05, 4.69) is 5.32 Å². The predicted octanol–water partition coefficient (Wildman–Crippen LogP) is 5.32. The van der Waals surface area contributed by atoms with Gasteiger partial charge in [-0.1, -0.05) is 29.3 Å². The molecule has 0 atom stereocenters. The number of carbonyl (C=O) groups is 1. The van der Waals surface area contributed by atoms with E-state index >= 15 is 0 Å². The van der Waals surface area contributed by atoms with Crippen LogP contribution < -0.4 is 19.0 Å². The lowest BCUT2D eigenvalue weighted by Gasteiger charge is -2.12. The summed E-state index contributed by atoms with van der Waals surface area (Å²) in [5, 5.41) is 12.6. The fourth-order valence-electron chi connectivity index (χ4n) is 2.84. The van der Waals surface area contributed by atoms with Crippen LogP contribution in [-0.2, 0) is 14.9 Å². The quantitative estimate of drug-likeness (QED) is 0.237. The molecule has 1 amide bonds. The third kappa shape index (κ3) is 6.45. The van der Waals surface area contributed by atoms with E-state index in [4.69, 9.17) is 36.9 Å². The fraction of sp³-hybridized carbons (Fsp3) is 0.0833. The molecule has 3 aromatic rings. The van der Waals surface area contributed by atoms with E-state index in [0.29, 0.717) is 22.0 Å². The summed E-state index contributed by atoms with van der Waals surface area (Å²) in [6, 6.07) is 16.3. The van der Waals surface area contributed by atoms with E-state index in [1.165, 1.54) is 74.9 Å². The van der Waals surface area contributed by atoms with Gasteiger partial charge in [0.2, 0.25) is 0 Å². The lowest BCUT2D eigenvalue weighted by Crippen LogP contribution is -2.13. The van der Waals surface area contributed by atoms with Crippen molar-refractivity contribution in [3.8, 4) is 23.3 Å². The smallest absolute Gasteiger partial charge is 0.339 e. The number of anilines is 1. The maximum absolute atomic E-state index is 12.6. The van der Waals surface area contributed by atoms with E-state index in [9.17, 15) is 18.5 Å². The minimum Gasteiger partial charge on any atom is -0.497 e. The van der Waals surface area contributed by atoms with E-state index < -0.39 is 16.0 Å². The first-order chi connectivity index (χ1) is 16.7. The summed E-state index contributed by atoms with van der Waals surface area (Å²) in [5.74, 6) is -0.168. The van der Waals surface area contributed by atoms with Crippen LogP contribution in [0.15, 0.2) is 71.1 Å². The van der Waals surface area contributed by atoms with E-state index in [1.807, 2.05) is 6.07 Å². The molecular formula is C24H18Cl2N2O6S. The average Bonchev–Trinajstić information content (AvgIpc) is 2.85. The molecule has 0 heterocycles. The third-order valence-corrected chi connectivity index (χ3v) is 6.58. The number of nitrogens with one attached hydrogen (secondary N) is 1. The Morgan fingerprint density at radius 1 is 0.943 bits per heavy atom. The summed E-state index contributed by atoms with van der Waals surface area (Å²) in [5.41, 5.74) is 0.546. The predicted molar refractivity (Wildman–Crippen MR) is 132 cm³/mol. The van der Waals surface area contributed by atoms with Gasteiger partial charge < -0.3 is 19.0 Å². The number of hydrogen-bond donors (Lipinski definition) is 1. The Kier molecular flexibility index (Phi) is 8.25. The van der Waals surface area contributed by atoms with Gasteiger partial charge in [-0.3, -0.25) is 4.79 Å².